The fourth-order valence-corrected chi connectivity index (χ4v) is 3.18. The van der Waals surface area contributed by atoms with Crippen LogP contribution in [0.1, 0.15) is 44.4 Å². The Kier molecular flexibility index (Phi) is 7.55. The Morgan fingerprint density at radius 3 is 2.10 bits per heavy atom. The molecule has 0 unspecified atom stereocenters. The van der Waals surface area contributed by atoms with Crippen molar-refractivity contribution in [1.82, 2.24) is 5.32 Å². The molecule has 3 N–H and O–H groups in total. The molecule has 0 aliphatic heterocycles. The van der Waals surface area contributed by atoms with E-state index in [1.807, 2.05) is 26.0 Å². The number of hydrogen-bond acceptors (Lipinski definition) is 3. The summed E-state index contributed by atoms with van der Waals surface area (Å²) >= 11 is 0. The van der Waals surface area contributed by atoms with E-state index in [1.165, 1.54) is 33.8 Å². The SMILES string of the molecule is CC(=Cc1c(C)c(F)c(-c2ccc(NC(C)C)cc2)c(C)c1F)C(=O)N[C@H](C)C(=O)O. The summed E-state index contributed by atoms with van der Waals surface area (Å²) in [6, 6.07) is 6.23. The van der Waals surface area contributed by atoms with Gasteiger partial charge in [0.1, 0.15) is 17.7 Å². The van der Waals surface area contributed by atoms with Crippen LogP contribution >= 0.6 is 0 Å². The van der Waals surface area contributed by atoms with Crippen LogP contribution in [0.3, 0.4) is 0 Å². The molecule has 0 aliphatic carbocycles. The lowest BCUT2D eigenvalue weighted by molar-refractivity contribution is -0.140. The molecule has 1 atom stereocenters. The number of aliphatic carboxylic acids is 1. The van der Waals surface area contributed by atoms with Crippen molar-refractivity contribution in [3.05, 3.63) is 58.2 Å². The minimum atomic E-state index is -1.19. The molecule has 2 rings (SSSR count). The predicted molar refractivity (Wildman–Crippen MR) is 119 cm³/mol. The zero-order valence-electron chi connectivity index (χ0n) is 18.6. The van der Waals surface area contributed by atoms with E-state index in [-0.39, 0.29) is 33.9 Å². The predicted octanol–water partition coefficient (Wildman–Crippen LogP) is 5.06. The second-order valence-corrected chi connectivity index (χ2v) is 7.90. The number of halogens is 2. The average molecular weight is 430 g/mol. The maximum absolute atomic E-state index is 15.3. The lowest BCUT2D eigenvalue weighted by Gasteiger charge is -2.16. The zero-order chi connectivity index (χ0) is 23.5. The van der Waals surface area contributed by atoms with Crippen molar-refractivity contribution in [2.24, 2.45) is 0 Å². The molecule has 2 aromatic rings. The lowest BCUT2D eigenvalue weighted by Crippen LogP contribution is -2.38. The average Bonchev–Trinajstić information content (AvgIpc) is 2.70. The molecule has 166 valence electrons. The number of carboxylic acids is 1. The number of carbonyl (C=O) groups is 2. The molecule has 2 aromatic carbocycles. The summed E-state index contributed by atoms with van der Waals surface area (Å²) in [5.74, 6) is -3.05. The molecule has 0 aliphatic rings. The van der Waals surface area contributed by atoms with E-state index in [4.69, 9.17) is 5.11 Å². The van der Waals surface area contributed by atoms with E-state index in [0.717, 1.165) is 5.69 Å². The van der Waals surface area contributed by atoms with Gasteiger partial charge in [-0.05, 0) is 76.4 Å². The van der Waals surface area contributed by atoms with Crippen LogP contribution in [-0.4, -0.2) is 29.1 Å². The number of hydrogen-bond donors (Lipinski definition) is 3. The van der Waals surface area contributed by atoms with E-state index in [1.54, 1.807) is 12.1 Å². The monoisotopic (exact) mass is 430 g/mol. The molecule has 0 aromatic heterocycles. The van der Waals surface area contributed by atoms with Gasteiger partial charge in [-0.1, -0.05) is 12.1 Å². The number of anilines is 1. The van der Waals surface area contributed by atoms with Crippen molar-refractivity contribution >= 4 is 23.6 Å². The van der Waals surface area contributed by atoms with Gasteiger partial charge in [-0.25, -0.2) is 8.78 Å². The van der Waals surface area contributed by atoms with Crippen LogP contribution in [0.25, 0.3) is 17.2 Å². The van der Waals surface area contributed by atoms with Gasteiger partial charge in [0.05, 0.1) is 0 Å². The number of benzene rings is 2. The molecular weight excluding hydrogens is 402 g/mol. The largest absolute Gasteiger partial charge is 0.480 e. The molecule has 31 heavy (non-hydrogen) atoms. The summed E-state index contributed by atoms with van der Waals surface area (Å²) in [7, 11) is 0. The Morgan fingerprint density at radius 1 is 1.00 bits per heavy atom. The molecule has 0 saturated heterocycles. The summed E-state index contributed by atoms with van der Waals surface area (Å²) in [6.45, 7) is 9.70. The molecule has 0 bridgehead atoms. The second-order valence-electron chi connectivity index (χ2n) is 7.90. The van der Waals surface area contributed by atoms with Crippen molar-refractivity contribution in [1.29, 1.82) is 0 Å². The molecule has 0 saturated carbocycles. The number of carbonyl (C=O) groups excluding carboxylic acids is 1. The number of carboxylic acid groups (broad SMARTS) is 1. The highest BCUT2D eigenvalue weighted by atomic mass is 19.1. The molecule has 5 nitrogen and oxygen atoms in total. The second kappa shape index (κ2) is 9.73. The van der Waals surface area contributed by atoms with Gasteiger partial charge in [-0.3, -0.25) is 9.59 Å². The van der Waals surface area contributed by atoms with Crippen LogP contribution in [0.15, 0.2) is 29.8 Å². The van der Waals surface area contributed by atoms with Gasteiger partial charge in [0.25, 0.3) is 0 Å². The highest BCUT2D eigenvalue weighted by Crippen LogP contribution is 2.34. The first kappa shape index (κ1) is 24.1. The van der Waals surface area contributed by atoms with Gasteiger partial charge in [0.15, 0.2) is 0 Å². The van der Waals surface area contributed by atoms with Crippen LogP contribution < -0.4 is 10.6 Å². The smallest absolute Gasteiger partial charge is 0.325 e. The summed E-state index contributed by atoms with van der Waals surface area (Å²) in [5.41, 5.74) is 1.84. The third-order valence-electron chi connectivity index (χ3n) is 4.96. The van der Waals surface area contributed by atoms with E-state index < -0.39 is 29.6 Å². The lowest BCUT2D eigenvalue weighted by atomic mass is 9.92. The van der Waals surface area contributed by atoms with Crippen LogP contribution in [0.5, 0.6) is 0 Å². The van der Waals surface area contributed by atoms with Crippen LogP contribution in [0.2, 0.25) is 0 Å². The van der Waals surface area contributed by atoms with Crippen molar-refractivity contribution in [2.45, 2.75) is 53.6 Å². The first-order chi connectivity index (χ1) is 14.4. The fourth-order valence-electron chi connectivity index (χ4n) is 3.18. The Morgan fingerprint density at radius 2 is 1.58 bits per heavy atom. The standard InChI is InChI=1S/C24H28F2N2O3/c1-12(2)27-18-9-7-17(8-10-18)20-15(5)21(25)19(14(4)22(20)26)11-13(3)23(29)28-16(6)24(30)31/h7-12,16,27H,1-6H3,(H,28,29)(H,30,31)/t16-/m1/s1. The Bertz CT molecular complexity index is 999. The number of amides is 1. The van der Waals surface area contributed by atoms with Gasteiger partial charge < -0.3 is 15.7 Å². The van der Waals surface area contributed by atoms with Gasteiger partial charge in [0.2, 0.25) is 5.91 Å². The summed E-state index contributed by atoms with van der Waals surface area (Å²) in [6.07, 6.45) is 1.24. The van der Waals surface area contributed by atoms with E-state index in [0.29, 0.717) is 5.56 Å². The Labute approximate surface area is 181 Å². The van der Waals surface area contributed by atoms with Gasteiger partial charge in [-0.2, -0.15) is 0 Å². The highest BCUT2D eigenvalue weighted by Gasteiger charge is 2.21. The molecular formula is C24H28F2N2O3. The first-order valence-corrected chi connectivity index (χ1v) is 10.0. The van der Waals surface area contributed by atoms with E-state index in [2.05, 4.69) is 10.6 Å². The van der Waals surface area contributed by atoms with Crippen molar-refractivity contribution in [3.63, 3.8) is 0 Å². The number of rotatable bonds is 7. The maximum Gasteiger partial charge on any atom is 0.325 e. The van der Waals surface area contributed by atoms with Crippen molar-refractivity contribution in [3.8, 4) is 11.1 Å². The van der Waals surface area contributed by atoms with Crippen LogP contribution in [-0.2, 0) is 9.59 Å². The third-order valence-corrected chi connectivity index (χ3v) is 4.96. The Hall–Kier alpha value is -3.22. The zero-order valence-corrected chi connectivity index (χ0v) is 18.6. The third kappa shape index (κ3) is 5.48. The van der Waals surface area contributed by atoms with E-state index >= 15 is 8.78 Å². The quantitative estimate of drug-likeness (QED) is 0.537. The number of nitrogens with one attached hydrogen (secondary N) is 2. The highest BCUT2D eigenvalue weighted by molar-refractivity contribution is 5.99. The van der Waals surface area contributed by atoms with Crippen molar-refractivity contribution < 1.29 is 23.5 Å². The summed E-state index contributed by atoms with van der Waals surface area (Å²) in [4.78, 5) is 23.1. The van der Waals surface area contributed by atoms with Crippen LogP contribution in [0, 0.1) is 25.5 Å². The van der Waals surface area contributed by atoms with Gasteiger partial charge >= 0.3 is 5.97 Å². The molecule has 7 heteroatoms. The molecule has 0 heterocycles. The topological polar surface area (TPSA) is 78.4 Å². The summed E-state index contributed by atoms with van der Waals surface area (Å²) < 4.78 is 30.5. The molecule has 0 fully saturated rings. The first-order valence-electron chi connectivity index (χ1n) is 10.0. The molecule has 0 spiro atoms. The van der Waals surface area contributed by atoms with Gasteiger partial charge in [-0.15, -0.1) is 0 Å². The normalized spacial score (nSPS) is 12.6. The minimum Gasteiger partial charge on any atom is -0.480 e. The van der Waals surface area contributed by atoms with E-state index in [9.17, 15) is 9.59 Å². The fraction of sp³-hybridized carbons (Fsp3) is 0.333. The minimum absolute atomic E-state index is 0.0347. The van der Waals surface area contributed by atoms with Crippen molar-refractivity contribution in [2.75, 3.05) is 5.32 Å². The maximum atomic E-state index is 15.3. The molecule has 0 radical (unpaired) electrons. The summed E-state index contributed by atoms with van der Waals surface area (Å²) in [5, 5.41) is 14.5. The van der Waals surface area contributed by atoms with Crippen LogP contribution in [0.4, 0.5) is 14.5 Å². The van der Waals surface area contributed by atoms with Gasteiger partial charge in [0, 0.05) is 28.4 Å². The Balaban J connectivity index is 2.46. The molecule has 1 amide bonds.